The van der Waals surface area contributed by atoms with Crippen LogP contribution in [-0.2, 0) is 0 Å². The van der Waals surface area contributed by atoms with E-state index in [0.29, 0.717) is 0 Å². The van der Waals surface area contributed by atoms with E-state index in [2.05, 4.69) is 157 Å². The monoisotopic (exact) mass is 679 g/mol. The molecule has 250 valence electrons. The number of benzene rings is 8. The van der Waals surface area contributed by atoms with Crippen molar-refractivity contribution in [3.05, 3.63) is 205 Å². The number of nitrogens with one attached hydrogen (secondary N) is 1. The number of hydrogen-bond donors (Lipinski definition) is 1. The highest BCUT2D eigenvalue weighted by molar-refractivity contribution is 6.22. The van der Waals surface area contributed by atoms with Gasteiger partial charge in [-0.05, 0) is 62.5 Å². The van der Waals surface area contributed by atoms with E-state index in [1.165, 1.54) is 16.5 Å². The summed E-state index contributed by atoms with van der Waals surface area (Å²) in [6.45, 7) is 0. The molecular weight excluding hydrogens is 647 g/mol. The standard InChI is InChI=1S/C49H33N3O/c1-4-14-33(15-5-1)42-31-43-45-39(24-13-25-44(45)53-46(43)41-23-11-10-22-40(41)42)38-21-12-20-37(30-38)32-26-28-36(29-27-32)49-51-47(34-16-6-2-7-17-34)50-48(52-49)35-18-8-3-9-19-35/h1-31,49H,(H,50,51,52). The number of nitrogens with zero attached hydrogens (tertiary/aromatic N) is 2. The van der Waals surface area contributed by atoms with Gasteiger partial charge in [0.25, 0.3) is 0 Å². The second kappa shape index (κ2) is 12.9. The Balaban J connectivity index is 1.04. The summed E-state index contributed by atoms with van der Waals surface area (Å²) >= 11 is 0. The molecule has 10 rings (SSSR count). The molecule has 9 aromatic rings. The molecule has 1 aliphatic heterocycles. The largest absolute Gasteiger partial charge is 0.455 e. The fourth-order valence-electron chi connectivity index (χ4n) is 7.54. The normalized spacial score (nSPS) is 13.2. The lowest BCUT2D eigenvalue weighted by Gasteiger charge is -2.22. The molecule has 0 unspecified atom stereocenters. The Morgan fingerprint density at radius 1 is 0.396 bits per heavy atom. The maximum atomic E-state index is 6.65. The van der Waals surface area contributed by atoms with Crippen LogP contribution in [0.4, 0.5) is 0 Å². The van der Waals surface area contributed by atoms with Crippen LogP contribution >= 0.6 is 0 Å². The lowest BCUT2D eigenvalue weighted by molar-refractivity contribution is 0.673. The zero-order valence-corrected chi connectivity index (χ0v) is 28.8. The summed E-state index contributed by atoms with van der Waals surface area (Å²) in [7, 11) is 0. The van der Waals surface area contributed by atoms with Gasteiger partial charge in [-0.3, -0.25) is 0 Å². The van der Waals surface area contributed by atoms with E-state index in [0.717, 1.165) is 77.9 Å². The first-order valence-electron chi connectivity index (χ1n) is 17.9. The minimum Gasteiger partial charge on any atom is -0.455 e. The van der Waals surface area contributed by atoms with E-state index < -0.39 is 0 Å². The molecule has 1 aromatic heterocycles. The molecule has 0 saturated heterocycles. The third-order valence-corrected chi connectivity index (χ3v) is 10.1. The van der Waals surface area contributed by atoms with Crippen molar-refractivity contribution in [3.8, 4) is 33.4 Å². The second-order valence-corrected chi connectivity index (χ2v) is 13.4. The van der Waals surface area contributed by atoms with Crippen molar-refractivity contribution >= 4 is 44.4 Å². The molecule has 0 fully saturated rings. The van der Waals surface area contributed by atoms with Crippen LogP contribution in [-0.4, -0.2) is 11.7 Å². The Morgan fingerprint density at radius 2 is 0.962 bits per heavy atom. The summed E-state index contributed by atoms with van der Waals surface area (Å²) in [4.78, 5) is 10.1. The van der Waals surface area contributed by atoms with Gasteiger partial charge in [-0.2, -0.15) is 0 Å². The number of rotatable bonds is 6. The molecule has 8 aromatic carbocycles. The summed E-state index contributed by atoms with van der Waals surface area (Å²) < 4.78 is 6.65. The van der Waals surface area contributed by atoms with Gasteiger partial charge in [0.05, 0.1) is 0 Å². The minimum absolute atomic E-state index is 0.370. The van der Waals surface area contributed by atoms with Crippen molar-refractivity contribution < 1.29 is 4.42 Å². The van der Waals surface area contributed by atoms with Gasteiger partial charge >= 0.3 is 0 Å². The van der Waals surface area contributed by atoms with Crippen LogP contribution in [0.15, 0.2) is 202 Å². The molecule has 0 aliphatic carbocycles. The SMILES string of the molecule is c1ccc(C2=NC(c3ccc(-c4cccc(-c5cccc6oc7c8ccccc8c(-c8ccccc8)cc7c56)c4)cc3)N=C(c3ccccc3)N2)cc1. The molecule has 53 heavy (non-hydrogen) atoms. The maximum Gasteiger partial charge on any atom is 0.169 e. The van der Waals surface area contributed by atoms with Crippen LogP contribution in [0.1, 0.15) is 22.9 Å². The van der Waals surface area contributed by atoms with Crippen LogP contribution in [0, 0.1) is 0 Å². The molecule has 4 heteroatoms. The van der Waals surface area contributed by atoms with Gasteiger partial charge < -0.3 is 9.73 Å². The van der Waals surface area contributed by atoms with Gasteiger partial charge in [-0.1, -0.05) is 170 Å². The maximum absolute atomic E-state index is 6.65. The lowest BCUT2D eigenvalue weighted by atomic mass is 9.92. The van der Waals surface area contributed by atoms with Crippen LogP contribution in [0.25, 0.3) is 66.1 Å². The second-order valence-electron chi connectivity index (χ2n) is 13.4. The highest BCUT2D eigenvalue weighted by Crippen LogP contribution is 2.43. The van der Waals surface area contributed by atoms with Crippen molar-refractivity contribution in [2.45, 2.75) is 6.17 Å². The highest BCUT2D eigenvalue weighted by atomic mass is 16.3. The fraction of sp³-hybridized carbons (Fsp3) is 0.0204. The third-order valence-electron chi connectivity index (χ3n) is 10.1. The highest BCUT2D eigenvalue weighted by Gasteiger charge is 2.21. The number of fused-ring (bicyclic) bond motifs is 5. The van der Waals surface area contributed by atoms with Gasteiger partial charge in [-0.25, -0.2) is 9.98 Å². The Labute approximate surface area is 307 Å². The molecular formula is C49H33N3O. The predicted octanol–water partition coefficient (Wildman–Crippen LogP) is 12.2. The first kappa shape index (κ1) is 30.8. The molecule has 0 atom stereocenters. The summed E-state index contributed by atoms with van der Waals surface area (Å²) in [6, 6.07) is 65.8. The number of furan rings is 1. The zero-order chi connectivity index (χ0) is 35.1. The molecule has 1 aliphatic rings. The Bertz CT molecular complexity index is 2780. The van der Waals surface area contributed by atoms with Gasteiger partial charge in [0.1, 0.15) is 22.8 Å². The van der Waals surface area contributed by atoms with Crippen molar-refractivity contribution in [1.82, 2.24) is 5.32 Å². The van der Waals surface area contributed by atoms with Crippen LogP contribution < -0.4 is 5.32 Å². The molecule has 0 spiro atoms. The summed E-state index contributed by atoms with van der Waals surface area (Å²) in [5, 5.41) is 8.03. The van der Waals surface area contributed by atoms with E-state index in [4.69, 9.17) is 14.4 Å². The molecule has 4 nitrogen and oxygen atoms in total. The van der Waals surface area contributed by atoms with E-state index in [1.54, 1.807) is 0 Å². The lowest BCUT2D eigenvalue weighted by Crippen LogP contribution is -2.35. The zero-order valence-electron chi connectivity index (χ0n) is 28.8. The fourth-order valence-corrected chi connectivity index (χ4v) is 7.54. The van der Waals surface area contributed by atoms with E-state index in [-0.39, 0.29) is 6.17 Å². The first-order chi connectivity index (χ1) is 26.3. The topological polar surface area (TPSA) is 49.9 Å². The molecule has 0 saturated carbocycles. The minimum atomic E-state index is -0.370. The summed E-state index contributed by atoms with van der Waals surface area (Å²) in [5.74, 6) is 1.62. The summed E-state index contributed by atoms with van der Waals surface area (Å²) in [6.07, 6.45) is -0.370. The average molecular weight is 680 g/mol. The molecule has 0 radical (unpaired) electrons. The van der Waals surface area contributed by atoms with E-state index in [9.17, 15) is 0 Å². The molecule has 1 N–H and O–H groups in total. The number of hydrogen-bond acceptors (Lipinski definition) is 4. The Morgan fingerprint density at radius 3 is 1.64 bits per heavy atom. The van der Waals surface area contributed by atoms with Gasteiger partial charge in [-0.15, -0.1) is 0 Å². The predicted molar refractivity (Wildman–Crippen MR) is 219 cm³/mol. The van der Waals surface area contributed by atoms with E-state index in [1.807, 2.05) is 36.4 Å². The molecule has 0 bridgehead atoms. The average Bonchev–Trinajstić information content (AvgIpc) is 3.63. The first-order valence-corrected chi connectivity index (χ1v) is 17.9. The van der Waals surface area contributed by atoms with Crippen molar-refractivity contribution in [1.29, 1.82) is 0 Å². The molecule has 2 heterocycles. The van der Waals surface area contributed by atoms with Gasteiger partial charge in [0.15, 0.2) is 6.17 Å². The third kappa shape index (κ3) is 5.58. The van der Waals surface area contributed by atoms with Crippen LogP contribution in [0.5, 0.6) is 0 Å². The van der Waals surface area contributed by atoms with E-state index >= 15 is 0 Å². The smallest absolute Gasteiger partial charge is 0.169 e. The van der Waals surface area contributed by atoms with Crippen LogP contribution in [0.2, 0.25) is 0 Å². The Kier molecular flexibility index (Phi) is 7.51. The van der Waals surface area contributed by atoms with Gasteiger partial charge in [0.2, 0.25) is 0 Å². The Hall–Kier alpha value is -7.04. The van der Waals surface area contributed by atoms with Crippen molar-refractivity contribution in [2.75, 3.05) is 0 Å². The van der Waals surface area contributed by atoms with Crippen molar-refractivity contribution in [3.63, 3.8) is 0 Å². The number of aliphatic imine (C=N–C) groups is 2. The van der Waals surface area contributed by atoms with Crippen molar-refractivity contribution in [2.24, 2.45) is 9.98 Å². The quantitative estimate of drug-likeness (QED) is 0.190. The van der Waals surface area contributed by atoms with Gasteiger partial charge in [0, 0.05) is 27.3 Å². The number of amidine groups is 2. The van der Waals surface area contributed by atoms with Crippen LogP contribution in [0.3, 0.4) is 0 Å². The molecule has 0 amide bonds. The summed E-state index contributed by atoms with van der Waals surface area (Å²) in [5.41, 5.74) is 11.8.